The molecule has 0 heterocycles. The average Bonchev–Trinajstić information content (AvgIpc) is 2.39. The van der Waals surface area contributed by atoms with Gasteiger partial charge >= 0.3 is 0 Å². The fourth-order valence-electron chi connectivity index (χ4n) is 1.27. The molecule has 1 aromatic carbocycles. The predicted octanol–water partition coefficient (Wildman–Crippen LogP) is 4.34. The molecular weight excluding hydrogens is 222 g/mol. The zero-order valence-corrected chi connectivity index (χ0v) is 11.7. The van der Waals surface area contributed by atoms with Gasteiger partial charge < -0.3 is 10.8 Å². The highest BCUT2D eigenvalue weighted by molar-refractivity contribution is 5.13. The minimum absolute atomic E-state index is 0.640. The summed E-state index contributed by atoms with van der Waals surface area (Å²) in [6.45, 7) is 6.73. The largest absolute Gasteiger partial charge is 0.516 e. The van der Waals surface area contributed by atoms with E-state index in [4.69, 9.17) is 10.8 Å². The van der Waals surface area contributed by atoms with E-state index in [0.717, 1.165) is 18.4 Å². The number of nitrogens with two attached hydrogens (primary N) is 1. The lowest BCUT2D eigenvalue weighted by Crippen LogP contribution is -1.94. The second-order valence-electron chi connectivity index (χ2n) is 4.49. The molecule has 0 unspecified atom stereocenters. The summed E-state index contributed by atoms with van der Waals surface area (Å²) in [7, 11) is 0. The molecule has 2 heteroatoms. The fourth-order valence-corrected chi connectivity index (χ4v) is 1.27. The molecule has 1 aromatic rings. The van der Waals surface area contributed by atoms with Gasteiger partial charge in [-0.15, -0.1) is 0 Å². The third kappa shape index (κ3) is 9.67. The summed E-state index contributed by atoms with van der Waals surface area (Å²) in [4.78, 5) is 0. The lowest BCUT2D eigenvalue weighted by Gasteiger charge is -1.94. The fraction of sp³-hybridized carbons (Fsp3) is 0.375. The number of hydrogen-bond acceptors (Lipinski definition) is 2. The van der Waals surface area contributed by atoms with Crippen molar-refractivity contribution in [2.24, 2.45) is 5.73 Å². The van der Waals surface area contributed by atoms with Crippen molar-refractivity contribution < 1.29 is 5.11 Å². The summed E-state index contributed by atoms with van der Waals surface area (Å²) < 4.78 is 0. The zero-order chi connectivity index (χ0) is 13.8. The number of hydrogen-bond donors (Lipinski definition) is 2. The number of aliphatic hydroxyl groups excluding tert-OH is 1. The third-order valence-electron chi connectivity index (χ3n) is 2.39. The van der Waals surface area contributed by atoms with Gasteiger partial charge in [0.2, 0.25) is 0 Å². The molecule has 0 radical (unpaired) electrons. The van der Waals surface area contributed by atoms with Crippen LogP contribution in [-0.4, -0.2) is 5.11 Å². The van der Waals surface area contributed by atoms with Crippen LogP contribution in [0.15, 0.2) is 53.8 Å². The molecule has 0 fully saturated rings. The molecule has 0 aliphatic carbocycles. The molecule has 0 aliphatic rings. The molecule has 1 rings (SSSR count). The SMILES string of the molecule is CC(C)=CCC/C(C)=C/O.NCc1ccccc1. The molecule has 0 atom stereocenters. The zero-order valence-electron chi connectivity index (χ0n) is 11.7. The molecule has 3 N–H and O–H groups in total. The van der Waals surface area contributed by atoms with Gasteiger partial charge in [0.05, 0.1) is 6.26 Å². The Kier molecular flexibility index (Phi) is 9.70. The monoisotopic (exact) mass is 247 g/mol. The van der Waals surface area contributed by atoms with Crippen molar-refractivity contribution >= 4 is 0 Å². The second-order valence-corrected chi connectivity index (χ2v) is 4.49. The van der Waals surface area contributed by atoms with E-state index in [1.54, 1.807) is 0 Å². The van der Waals surface area contributed by atoms with Gasteiger partial charge in [-0.2, -0.15) is 0 Å². The molecule has 0 aromatic heterocycles. The standard InChI is InChI=1S/C9H16O.C7H9N/c1-8(2)5-4-6-9(3)7-10;8-6-7-4-2-1-3-5-7/h5,7,10H,4,6H2,1-3H3;1-5H,6,8H2/b9-7+;. The maximum atomic E-state index is 8.52. The Bertz CT molecular complexity index is 362. The molecule has 100 valence electrons. The molecule has 18 heavy (non-hydrogen) atoms. The lowest BCUT2D eigenvalue weighted by molar-refractivity contribution is 0.464. The van der Waals surface area contributed by atoms with Gasteiger partial charge in [-0.05, 0) is 44.7 Å². The Morgan fingerprint density at radius 3 is 2.17 bits per heavy atom. The van der Waals surface area contributed by atoms with Crippen LogP contribution in [0.1, 0.15) is 39.2 Å². The summed E-state index contributed by atoms with van der Waals surface area (Å²) in [6, 6.07) is 9.99. The van der Waals surface area contributed by atoms with Crippen LogP contribution in [0.4, 0.5) is 0 Å². The summed E-state index contributed by atoms with van der Waals surface area (Å²) in [5.41, 5.74) is 8.92. The highest BCUT2D eigenvalue weighted by atomic mass is 16.2. The first-order valence-electron chi connectivity index (χ1n) is 6.27. The highest BCUT2D eigenvalue weighted by Gasteiger charge is 1.86. The van der Waals surface area contributed by atoms with Crippen LogP contribution >= 0.6 is 0 Å². The van der Waals surface area contributed by atoms with Gasteiger partial charge in [-0.25, -0.2) is 0 Å². The molecule has 0 bridgehead atoms. The van der Waals surface area contributed by atoms with Crippen molar-refractivity contribution in [3.8, 4) is 0 Å². The van der Waals surface area contributed by atoms with Crippen molar-refractivity contribution in [3.63, 3.8) is 0 Å². The highest BCUT2D eigenvalue weighted by Crippen LogP contribution is 2.04. The summed E-state index contributed by atoms with van der Waals surface area (Å²) >= 11 is 0. The normalized spacial score (nSPS) is 10.3. The van der Waals surface area contributed by atoms with Crippen molar-refractivity contribution in [1.29, 1.82) is 0 Å². The van der Waals surface area contributed by atoms with Gasteiger partial charge in [-0.1, -0.05) is 42.0 Å². The Morgan fingerprint density at radius 1 is 1.17 bits per heavy atom. The summed E-state index contributed by atoms with van der Waals surface area (Å²) in [5, 5.41) is 8.52. The van der Waals surface area contributed by atoms with E-state index in [1.165, 1.54) is 17.4 Å². The van der Waals surface area contributed by atoms with E-state index in [1.807, 2.05) is 37.3 Å². The van der Waals surface area contributed by atoms with E-state index in [2.05, 4.69) is 19.9 Å². The van der Waals surface area contributed by atoms with E-state index >= 15 is 0 Å². The first-order valence-corrected chi connectivity index (χ1v) is 6.27. The van der Waals surface area contributed by atoms with Crippen molar-refractivity contribution in [2.45, 2.75) is 40.2 Å². The molecule has 0 amide bonds. The minimum Gasteiger partial charge on any atom is -0.516 e. The number of aliphatic hydroxyl groups is 1. The smallest absolute Gasteiger partial charge is 0.0780 e. The lowest BCUT2D eigenvalue weighted by atomic mass is 10.1. The molecule has 2 nitrogen and oxygen atoms in total. The van der Waals surface area contributed by atoms with Gasteiger partial charge in [0, 0.05) is 6.54 Å². The van der Waals surface area contributed by atoms with Crippen molar-refractivity contribution in [3.05, 3.63) is 59.4 Å². The molecule has 0 spiro atoms. The van der Waals surface area contributed by atoms with Crippen LogP contribution in [0, 0.1) is 0 Å². The van der Waals surface area contributed by atoms with E-state index in [0.29, 0.717) is 6.54 Å². The first kappa shape index (κ1) is 16.5. The van der Waals surface area contributed by atoms with Crippen molar-refractivity contribution in [2.75, 3.05) is 0 Å². The van der Waals surface area contributed by atoms with E-state index < -0.39 is 0 Å². The Hall–Kier alpha value is -1.54. The maximum Gasteiger partial charge on any atom is 0.0780 e. The van der Waals surface area contributed by atoms with Gasteiger partial charge in [-0.3, -0.25) is 0 Å². The van der Waals surface area contributed by atoms with E-state index in [-0.39, 0.29) is 0 Å². The Balaban J connectivity index is 0.000000327. The van der Waals surface area contributed by atoms with Crippen LogP contribution in [0.3, 0.4) is 0 Å². The van der Waals surface area contributed by atoms with Crippen LogP contribution in [-0.2, 0) is 6.54 Å². The molecule has 0 aliphatic heterocycles. The Labute approximate surface area is 111 Å². The number of allylic oxidation sites excluding steroid dienone is 3. The number of benzene rings is 1. The summed E-state index contributed by atoms with van der Waals surface area (Å²) in [6.07, 6.45) is 5.35. The summed E-state index contributed by atoms with van der Waals surface area (Å²) in [5.74, 6) is 0. The molecule has 0 saturated heterocycles. The maximum absolute atomic E-state index is 8.52. The topological polar surface area (TPSA) is 46.2 Å². The van der Waals surface area contributed by atoms with Gasteiger partial charge in [0.1, 0.15) is 0 Å². The third-order valence-corrected chi connectivity index (χ3v) is 2.39. The second kappa shape index (κ2) is 10.6. The van der Waals surface area contributed by atoms with Crippen LogP contribution in [0.2, 0.25) is 0 Å². The van der Waals surface area contributed by atoms with Crippen molar-refractivity contribution in [1.82, 2.24) is 0 Å². The molecular formula is C16H25NO. The Morgan fingerprint density at radius 2 is 1.78 bits per heavy atom. The molecule has 0 saturated carbocycles. The van der Waals surface area contributed by atoms with Gasteiger partial charge in [0.25, 0.3) is 0 Å². The predicted molar refractivity (Wildman–Crippen MR) is 79.4 cm³/mol. The first-order chi connectivity index (χ1) is 8.60. The van der Waals surface area contributed by atoms with Crippen LogP contribution in [0.25, 0.3) is 0 Å². The van der Waals surface area contributed by atoms with Crippen LogP contribution < -0.4 is 5.73 Å². The quantitative estimate of drug-likeness (QED) is 0.614. The number of rotatable bonds is 4. The van der Waals surface area contributed by atoms with Gasteiger partial charge in [0.15, 0.2) is 0 Å². The average molecular weight is 247 g/mol. The van der Waals surface area contributed by atoms with Crippen LogP contribution in [0.5, 0.6) is 0 Å². The minimum atomic E-state index is 0.640. The van der Waals surface area contributed by atoms with E-state index in [9.17, 15) is 0 Å².